The first-order valence-corrected chi connectivity index (χ1v) is 10.8. The van der Waals surface area contributed by atoms with Crippen molar-refractivity contribution in [2.75, 3.05) is 16.8 Å². The van der Waals surface area contributed by atoms with Crippen LogP contribution in [0.4, 0.5) is 11.4 Å². The van der Waals surface area contributed by atoms with Gasteiger partial charge in [0.15, 0.2) is 6.61 Å². The van der Waals surface area contributed by atoms with E-state index in [1.807, 2.05) is 42.5 Å². The molecule has 2 amide bonds. The van der Waals surface area contributed by atoms with Crippen molar-refractivity contribution in [1.82, 2.24) is 0 Å². The molecule has 4 rings (SSSR count). The van der Waals surface area contributed by atoms with E-state index >= 15 is 0 Å². The molecule has 0 spiro atoms. The highest BCUT2D eigenvalue weighted by atomic mass is 35.5. The number of carbonyl (C=O) groups is 2. The quantitative estimate of drug-likeness (QED) is 0.547. The summed E-state index contributed by atoms with van der Waals surface area (Å²) in [6.07, 6.45) is 0. The molecule has 32 heavy (non-hydrogen) atoms. The SMILES string of the molecule is CC(C)(C)c1ccc(C(=O)Nc2ccc3c(c2)N(Cc2ccccc2Cl)C(=O)CO3)cc1. The van der Waals surface area contributed by atoms with Crippen LogP contribution in [0.1, 0.15) is 42.3 Å². The molecule has 0 fully saturated rings. The van der Waals surface area contributed by atoms with Crippen LogP contribution in [-0.2, 0) is 16.8 Å². The Hall–Kier alpha value is -3.31. The van der Waals surface area contributed by atoms with Crippen LogP contribution in [0.5, 0.6) is 5.75 Å². The minimum absolute atomic E-state index is 0.0190. The number of halogens is 1. The maximum atomic E-state index is 12.8. The highest BCUT2D eigenvalue weighted by Crippen LogP contribution is 2.36. The number of carbonyl (C=O) groups excluding carboxylic acids is 2. The number of hydrogen-bond acceptors (Lipinski definition) is 3. The van der Waals surface area contributed by atoms with Crippen molar-refractivity contribution in [3.05, 3.63) is 88.4 Å². The van der Waals surface area contributed by atoms with Crippen LogP contribution in [0, 0.1) is 0 Å². The predicted octanol–water partition coefficient (Wildman–Crippen LogP) is 5.82. The van der Waals surface area contributed by atoms with Gasteiger partial charge in [-0.3, -0.25) is 9.59 Å². The molecule has 0 aromatic heterocycles. The first kappa shape index (κ1) is 21.9. The van der Waals surface area contributed by atoms with Crippen molar-refractivity contribution in [1.29, 1.82) is 0 Å². The Bertz CT molecular complexity index is 1170. The average molecular weight is 449 g/mol. The summed E-state index contributed by atoms with van der Waals surface area (Å²) in [6, 6.07) is 20.3. The van der Waals surface area contributed by atoms with E-state index in [4.69, 9.17) is 16.3 Å². The molecule has 5 nitrogen and oxygen atoms in total. The average Bonchev–Trinajstić information content (AvgIpc) is 2.76. The number of amides is 2. The van der Waals surface area contributed by atoms with Gasteiger partial charge in [-0.15, -0.1) is 0 Å². The Morgan fingerprint density at radius 2 is 1.78 bits per heavy atom. The number of nitrogens with one attached hydrogen (secondary N) is 1. The Labute approximate surface area is 193 Å². The maximum absolute atomic E-state index is 12.8. The Balaban J connectivity index is 1.57. The van der Waals surface area contributed by atoms with Gasteiger partial charge in [-0.2, -0.15) is 0 Å². The molecule has 6 heteroatoms. The Morgan fingerprint density at radius 1 is 1.06 bits per heavy atom. The van der Waals surface area contributed by atoms with Crippen LogP contribution in [-0.4, -0.2) is 18.4 Å². The van der Waals surface area contributed by atoms with Gasteiger partial charge in [-0.25, -0.2) is 0 Å². The second-order valence-corrected chi connectivity index (χ2v) is 9.23. The Kier molecular flexibility index (Phi) is 5.94. The van der Waals surface area contributed by atoms with E-state index in [0.717, 1.165) is 11.1 Å². The second-order valence-electron chi connectivity index (χ2n) is 8.82. The normalized spacial score (nSPS) is 13.4. The number of hydrogen-bond donors (Lipinski definition) is 1. The fourth-order valence-electron chi connectivity index (χ4n) is 3.58. The van der Waals surface area contributed by atoms with E-state index in [2.05, 4.69) is 26.1 Å². The molecule has 0 saturated carbocycles. The third-order valence-electron chi connectivity index (χ3n) is 5.46. The predicted molar refractivity (Wildman–Crippen MR) is 128 cm³/mol. The van der Waals surface area contributed by atoms with Gasteiger partial charge in [0.25, 0.3) is 11.8 Å². The highest BCUT2D eigenvalue weighted by Gasteiger charge is 2.27. The molecule has 0 atom stereocenters. The topological polar surface area (TPSA) is 58.6 Å². The summed E-state index contributed by atoms with van der Waals surface area (Å²) in [5, 5.41) is 3.51. The van der Waals surface area contributed by atoms with Gasteiger partial charge in [0.05, 0.1) is 12.2 Å². The number of ether oxygens (including phenoxy) is 1. The largest absolute Gasteiger partial charge is 0.482 e. The number of fused-ring (bicyclic) bond motifs is 1. The van der Waals surface area contributed by atoms with Gasteiger partial charge in [0.1, 0.15) is 5.75 Å². The summed E-state index contributed by atoms with van der Waals surface area (Å²) in [5.41, 5.74) is 3.76. The van der Waals surface area contributed by atoms with Gasteiger partial charge in [-0.1, -0.05) is 62.7 Å². The van der Waals surface area contributed by atoms with Crippen molar-refractivity contribution >= 4 is 34.8 Å². The lowest BCUT2D eigenvalue weighted by Crippen LogP contribution is -2.38. The number of rotatable bonds is 4. The standard InChI is InChI=1S/C26H25ClN2O3/c1-26(2,3)19-10-8-17(9-11-19)25(31)28-20-12-13-23-22(14-20)29(24(30)16-32-23)15-18-6-4-5-7-21(18)27/h4-14H,15-16H2,1-3H3,(H,28,31). The molecule has 1 aliphatic heterocycles. The minimum Gasteiger partial charge on any atom is -0.482 e. The molecule has 0 saturated heterocycles. The summed E-state index contributed by atoms with van der Waals surface area (Å²) in [6.45, 7) is 6.68. The zero-order chi connectivity index (χ0) is 22.9. The molecule has 1 aliphatic rings. The van der Waals surface area contributed by atoms with E-state index in [1.54, 1.807) is 29.2 Å². The molecule has 0 unspecified atom stereocenters. The van der Waals surface area contributed by atoms with Crippen molar-refractivity contribution in [2.24, 2.45) is 0 Å². The maximum Gasteiger partial charge on any atom is 0.265 e. The molecule has 0 aliphatic carbocycles. The van der Waals surface area contributed by atoms with Crippen molar-refractivity contribution < 1.29 is 14.3 Å². The van der Waals surface area contributed by atoms with Crippen LogP contribution in [0.3, 0.4) is 0 Å². The first-order valence-electron chi connectivity index (χ1n) is 10.4. The summed E-state index contributed by atoms with van der Waals surface area (Å²) in [7, 11) is 0. The Morgan fingerprint density at radius 3 is 2.47 bits per heavy atom. The van der Waals surface area contributed by atoms with Crippen LogP contribution < -0.4 is 15.0 Å². The second kappa shape index (κ2) is 8.67. The zero-order valence-electron chi connectivity index (χ0n) is 18.3. The lowest BCUT2D eigenvalue weighted by Gasteiger charge is -2.30. The third-order valence-corrected chi connectivity index (χ3v) is 5.83. The molecular weight excluding hydrogens is 424 g/mol. The molecule has 3 aromatic rings. The third kappa shape index (κ3) is 4.63. The summed E-state index contributed by atoms with van der Waals surface area (Å²) >= 11 is 6.30. The van der Waals surface area contributed by atoms with Crippen LogP contribution in [0.15, 0.2) is 66.7 Å². The van der Waals surface area contributed by atoms with E-state index in [1.165, 1.54) is 0 Å². The molecule has 1 heterocycles. The van der Waals surface area contributed by atoms with Crippen LogP contribution >= 0.6 is 11.6 Å². The number of benzene rings is 3. The van der Waals surface area contributed by atoms with Crippen LogP contribution in [0.25, 0.3) is 0 Å². The number of anilines is 2. The zero-order valence-corrected chi connectivity index (χ0v) is 19.1. The van der Waals surface area contributed by atoms with E-state index in [-0.39, 0.29) is 23.8 Å². The molecule has 0 radical (unpaired) electrons. The summed E-state index contributed by atoms with van der Waals surface area (Å²) < 4.78 is 5.59. The van der Waals surface area contributed by atoms with Crippen molar-refractivity contribution in [3.8, 4) is 5.75 Å². The number of nitrogens with zero attached hydrogens (tertiary/aromatic N) is 1. The molecule has 0 bridgehead atoms. The lowest BCUT2D eigenvalue weighted by molar-refractivity contribution is -0.121. The molecular formula is C26H25ClN2O3. The van der Waals surface area contributed by atoms with E-state index in [9.17, 15) is 9.59 Å². The van der Waals surface area contributed by atoms with Gasteiger partial charge < -0.3 is 15.0 Å². The smallest absolute Gasteiger partial charge is 0.265 e. The van der Waals surface area contributed by atoms with Gasteiger partial charge >= 0.3 is 0 Å². The molecule has 3 aromatic carbocycles. The fourth-order valence-corrected chi connectivity index (χ4v) is 3.77. The minimum atomic E-state index is -0.217. The van der Waals surface area contributed by atoms with Gasteiger partial charge in [0.2, 0.25) is 0 Å². The van der Waals surface area contributed by atoms with Gasteiger partial charge in [-0.05, 0) is 52.9 Å². The highest BCUT2D eigenvalue weighted by molar-refractivity contribution is 6.31. The summed E-state index contributed by atoms with van der Waals surface area (Å²) in [5.74, 6) is 0.203. The molecule has 1 N–H and O–H groups in total. The van der Waals surface area contributed by atoms with E-state index < -0.39 is 0 Å². The lowest BCUT2D eigenvalue weighted by atomic mass is 9.87. The van der Waals surface area contributed by atoms with E-state index in [0.29, 0.717) is 34.3 Å². The molecule has 164 valence electrons. The van der Waals surface area contributed by atoms with Crippen LogP contribution in [0.2, 0.25) is 5.02 Å². The monoisotopic (exact) mass is 448 g/mol. The van der Waals surface area contributed by atoms with Gasteiger partial charge in [0, 0.05) is 16.3 Å². The van der Waals surface area contributed by atoms with Crippen molar-refractivity contribution in [3.63, 3.8) is 0 Å². The van der Waals surface area contributed by atoms with Crippen molar-refractivity contribution in [2.45, 2.75) is 32.7 Å². The first-order chi connectivity index (χ1) is 15.2. The summed E-state index contributed by atoms with van der Waals surface area (Å²) in [4.78, 5) is 27.0. The fraction of sp³-hybridized carbons (Fsp3) is 0.231.